The van der Waals surface area contributed by atoms with Gasteiger partial charge in [-0.05, 0) is 42.5 Å². The van der Waals surface area contributed by atoms with Gasteiger partial charge in [-0.25, -0.2) is 8.42 Å². The first-order valence-corrected chi connectivity index (χ1v) is 12.2. The fraction of sp³-hybridized carbons (Fsp3) is 0.174. The molecule has 0 saturated heterocycles. The summed E-state index contributed by atoms with van der Waals surface area (Å²) in [6.45, 7) is 0.338. The van der Waals surface area contributed by atoms with E-state index in [0.29, 0.717) is 17.2 Å². The second kappa shape index (κ2) is 9.52. The number of methoxy groups -OCH3 is 1. The molecule has 0 radical (unpaired) electrons. The molecule has 172 valence electrons. The molecule has 0 spiro atoms. The number of halogens is 1. The Morgan fingerprint density at radius 1 is 1.06 bits per heavy atom. The van der Waals surface area contributed by atoms with Gasteiger partial charge in [0.1, 0.15) is 16.4 Å². The molecule has 4 rings (SSSR count). The van der Waals surface area contributed by atoms with E-state index >= 15 is 0 Å². The number of rotatable bonds is 7. The van der Waals surface area contributed by atoms with E-state index in [1.165, 1.54) is 26.3 Å². The standard InChI is InChI=1S/C23H21BrN2O6S/c1-26(11-12-30-2)33(28,29)22-13-17-20(14-21(22)31-16-9-7-15(24)8-10-16)32-19-6-4-3-5-18(19)25-23(17)27/h3-10,13-14H,11-12H2,1-2H3,(H,25,27). The normalized spacial score (nSPS) is 12.9. The van der Waals surface area contributed by atoms with Gasteiger partial charge in [-0.15, -0.1) is 0 Å². The number of carbonyl (C=O) groups is 1. The molecule has 10 heteroatoms. The number of hydrogen-bond acceptors (Lipinski definition) is 6. The van der Waals surface area contributed by atoms with Gasteiger partial charge >= 0.3 is 0 Å². The van der Waals surface area contributed by atoms with Crippen LogP contribution in [0.1, 0.15) is 10.4 Å². The van der Waals surface area contributed by atoms with Crippen LogP contribution in [0.25, 0.3) is 0 Å². The highest BCUT2D eigenvalue weighted by atomic mass is 79.9. The van der Waals surface area contributed by atoms with Crippen molar-refractivity contribution in [3.63, 3.8) is 0 Å². The monoisotopic (exact) mass is 532 g/mol. The van der Waals surface area contributed by atoms with Gasteiger partial charge in [0.25, 0.3) is 5.91 Å². The topological polar surface area (TPSA) is 94.2 Å². The Kier molecular flexibility index (Phi) is 6.71. The number of carbonyl (C=O) groups excluding carboxylic acids is 1. The average molecular weight is 533 g/mol. The molecule has 0 saturated carbocycles. The lowest BCUT2D eigenvalue weighted by Crippen LogP contribution is -2.30. The van der Waals surface area contributed by atoms with Crippen molar-refractivity contribution in [3.8, 4) is 23.0 Å². The lowest BCUT2D eigenvalue weighted by Gasteiger charge is -2.20. The zero-order valence-electron chi connectivity index (χ0n) is 17.9. The van der Waals surface area contributed by atoms with Crippen molar-refractivity contribution in [2.45, 2.75) is 4.90 Å². The van der Waals surface area contributed by atoms with Crippen LogP contribution in [-0.4, -0.2) is 45.9 Å². The number of nitrogens with one attached hydrogen (secondary N) is 1. The summed E-state index contributed by atoms with van der Waals surface area (Å²) in [5.41, 5.74) is 0.559. The number of fused-ring (bicyclic) bond motifs is 2. The van der Waals surface area contributed by atoms with Crippen molar-refractivity contribution in [2.24, 2.45) is 0 Å². The van der Waals surface area contributed by atoms with Gasteiger partial charge in [0.05, 0.1) is 17.9 Å². The number of amides is 1. The van der Waals surface area contributed by atoms with Gasteiger partial charge in [0, 0.05) is 31.2 Å². The molecule has 0 atom stereocenters. The molecule has 0 fully saturated rings. The predicted octanol–water partition coefficient (Wildman–Crippen LogP) is 4.87. The first-order valence-electron chi connectivity index (χ1n) is 9.94. The van der Waals surface area contributed by atoms with Crippen LogP contribution >= 0.6 is 15.9 Å². The minimum absolute atomic E-state index is 0.0347. The van der Waals surface area contributed by atoms with Crippen molar-refractivity contribution >= 4 is 37.5 Å². The number of likely N-dealkylation sites (N-methyl/N-ethyl adjacent to an activating group) is 1. The fourth-order valence-electron chi connectivity index (χ4n) is 3.19. The molecule has 0 aliphatic carbocycles. The summed E-state index contributed by atoms with van der Waals surface area (Å²) in [5.74, 6) is 0.594. The van der Waals surface area contributed by atoms with Gasteiger partial charge in [0.2, 0.25) is 10.0 Å². The Balaban J connectivity index is 1.85. The highest BCUT2D eigenvalue weighted by molar-refractivity contribution is 9.10. The van der Waals surface area contributed by atoms with Crippen molar-refractivity contribution in [2.75, 3.05) is 32.6 Å². The third-order valence-corrected chi connectivity index (χ3v) is 7.39. The molecular formula is C23H21BrN2O6S. The van der Waals surface area contributed by atoms with E-state index in [0.717, 1.165) is 8.78 Å². The van der Waals surface area contributed by atoms with E-state index in [1.54, 1.807) is 48.5 Å². The summed E-state index contributed by atoms with van der Waals surface area (Å²) in [5, 5.41) is 2.76. The molecular weight excluding hydrogens is 512 g/mol. The fourth-order valence-corrected chi connectivity index (χ4v) is 4.73. The number of para-hydroxylation sites is 2. The Labute approximate surface area is 200 Å². The van der Waals surface area contributed by atoms with E-state index in [9.17, 15) is 13.2 Å². The molecule has 0 aromatic heterocycles. The van der Waals surface area contributed by atoms with E-state index in [1.807, 2.05) is 0 Å². The van der Waals surface area contributed by atoms with Crippen molar-refractivity contribution < 1.29 is 27.4 Å². The first-order chi connectivity index (χ1) is 15.8. The minimum Gasteiger partial charge on any atom is -0.456 e. The van der Waals surface area contributed by atoms with Gasteiger partial charge < -0.3 is 19.5 Å². The van der Waals surface area contributed by atoms with E-state index in [-0.39, 0.29) is 35.1 Å². The quantitative estimate of drug-likeness (QED) is 0.466. The van der Waals surface area contributed by atoms with Crippen LogP contribution in [0.2, 0.25) is 0 Å². The summed E-state index contributed by atoms with van der Waals surface area (Å²) >= 11 is 3.37. The van der Waals surface area contributed by atoms with Crippen molar-refractivity contribution in [3.05, 3.63) is 70.7 Å². The summed E-state index contributed by atoms with van der Waals surface area (Å²) in [6, 6.07) is 16.6. The Bertz CT molecular complexity index is 1290. The van der Waals surface area contributed by atoms with Gasteiger partial charge in [-0.2, -0.15) is 4.31 Å². The third kappa shape index (κ3) is 4.88. The van der Waals surface area contributed by atoms with E-state index in [2.05, 4.69) is 21.2 Å². The van der Waals surface area contributed by atoms with Crippen LogP contribution < -0.4 is 14.8 Å². The van der Waals surface area contributed by atoms with E-state index < -0.39 is 15.9 Å². The molecule has 1 heterocycles. The van der Waals surface area contributed by atoms with Gasteiger partial charge in [-0.3, -0.25) is 4.79 Å². The zero-order valence-corrected chi connectivity index (χ0v) is 20.3. The molecule has 1 aliphatic heterocycles. The summed E-state index contributed by atoms with van der Waals surface area (Å²) in [4.78, 5) is 12.8. The van der Waals surface area contributed by atoms with Crippen LogP contribution in [0.15, 0.2) is 70.0 Å². The molecule has 1 amide bonds. The first kappa shape index (κ1) is 23.2. The largest absolute Gasteiger partial charge is 0.456 e. The van der Waals surface area contributed by atoms with Gasteiger partial charge in [0.15, 0.2) is 11.5 Å². The van der Waals surface area contributed by atoms with Gasteiger partial charge in [-0.1, -0.05) is 28.1 Å². The smallest absolute Gasteiger partial charge is 0.259 e. The van der Waals surface area contributed by atoms with Crippen LogP contribution in [0.3, 0.4) is 0 Å². The maximum atomic E-state index is 13.4. The minimum atomic E-state index is -4.02. The number of sulfonamides is 1. The molecule has 3 aromatic carbocycles. The lowest BCUT2D eigenvalue weighted by molar-refractivity contribution is 0.102. The second-order valence-electron chi connectivity index (χ2n) is 7.22. The van der Waals surface area contributed by atoms with Crippen LogP contribution in [0.4, 0.5) is 5.69 Å². The third-order valence-electron chi connectivity index (χ3n) is 4.99. The molecule has 3 aromatic rings. The molecule has 0 bridgehead atoms. The van der Waals surface area contributed by atoms with Crippen molar-refractivity contribution in [1.29, 1.82) is 0 Å². The summed E-state index contributed by atoms with van der Waals surface area (Å²) in [7, 11) is -1.09. The lowest BCUT2D eigenvalue weighted by atomic mass is 10.1. The Morgan fingerprint density at radius 3 is 2.52 bits per heavy atom. The second-order valence-corrected chi connectivity index (χ2v) is 10.2. The number of anilines is 1. The van der Waals surface area contributed by atoms with Crippen LogP contribution in [0.5, 0.6) is 23.0 Å². The Hall–Kier alpha value is -2.92. The maximum absolute atomic E-state index is 13.4. The number of nitrogens with zero attached hydrogens (tertiary/aromatic N) is 1. The van der Waals surface area contributed by atoms with E-state index in [4.69, 9.17) is 14.2 Å². The number of benzene rings is 3. The highest BCUT2D eigenvalue weighted by Gasteiger charge is 2.31. The molecule has 1 N–H and O–H groups in total. The van der Waals surface area contributed by atoms with Crippen LogP contribution in [0, 0.1) is 0 Å². The molecule has 0 unspecified atom stereocenters. The summed E-state index contributed by atoms with van der Waals surface area (Å²) in [6.07, 6.45) is 0. The average Bonchev–Trinajstić information content (AvgIpc) is 2.93. The number of hydrogen-bond donors (Lipinski definition) is 1. The zero-order chi connectivity index (χ0) is 23.6. The van der Waals surface area contributed by atoms with Crippen LogP contribution in [-0.2, 0) is 14.8 Å². The maximum Gasteiger partial charge on any atom is 0.259 e. The number of ether oxygens (including phenoxy) is 3. The SMILES string of the molecule is COCCN(C)S(=O)(=O)c1cc2c(cc1Oc1ccc(Br)cc1)Oc1ccccc1NC2=O. The van der Waals surface area contributed by atoms with Crippen molar-refractivity contribution in [1.82, 2.24) is 4.31 Å². The molecule has 33 heavy (non-hydrogen) atoms. The molecule has 1 aliphatic rings. The summed E-state index contributed by atoms with van der Waals surface area (Å²) < 4.78 is 45.8. The molecule has 8 nitrogen and oxygen atoms in total. The highest BCUT2D eigenvalue weighted by Crippen LogP contribution is 2.41. The predicted molar refractivity (Wildman–Crippen MR) is 127 cm³/mol. The Morgan fingerprint density at radius 2 is 1.79 bits per heavy atom.